The summed E-state index contributed by atoms with van der Waals surface area (Å²) in [5, 5.41) is 41.2. The minimum absolute atomic E-state index is 0.0126. The number of aromatic carboxylic acids is 1. The predicted molar refractivity (Wildman–Crippen MR) is 134 cm³/mol. The summed E-state index contributed by atoms with van der Waals surface area (Å²) < 4.78 is 11.0. The van der Waals surface area contributed by atoms with Gasteiger partial charge in [0.25, 0.3) is 5.91 Å². The van der Waals surface area contributed by atoms with Crippen LogP contribution in [-0.4, -0.2) is 64.8 Å². The van der Waals surface area contributed by atoms with Crippen molar-refractivity contribution in [1.29, 1.82) is 0 Å². The largest absolute Gasteiger partial charge is 0.508 e. The molecule has 0 aromatic heterocycles. The first-order valence-corrected chi connectivity index (χ1v) is 11.5. The van der Waals surface area contributed by atoms with Crippen molar-refractivity contribution in [3.8, 4) is 28.2 Å². The summed E-state index contributed by atoms with van der Waals surface area (Å²) in [6.45, 7) is 0.123. The zero-order valence-corrected chi connectivity index (χ0v) is 19.6. The van der Waals surface area contributed by atoms with Crippen LogP contribution >= 0.6 is 0 Å². The Hall–Kier alpha value is -4.25. The summed E-state index contributed by atoms with van der Waals surface area (Å²) in [7, 11) is 0. The molecule has 10 heteroatoms. The molecule has 4 rings (SSSR count). The van der Waals surface area contributed by atoms with Gasteiger partial charge in [-0.1, -0.05) is 0 Å². The van der Waals surface area contributed by atoms with E-state index in [1.165, 1.54) is 48.5 Å². The van der Waals surface area contributed by atoms with Crippen LogP contribution in [0.15, 0.2) is 63.8 Å². The van der Waals surface area contributed by atoms with E-state index in [1.807, 2.05) is 0 Å². The van der Waals surface area contributed by atoms with Crippen LogP contribution in [0.25, 0.3) is 33.4 Å². The zero-order valence-electron chi connectivity index (χ0n) is 19.6. The lowest BCUT2D eigenvalue weighted by Gasteiger charge is -2.17. The van der Waals surface area contributed by atoms with E-state index in [4.69, 9.17) is 14.3 Å². The molecule has 0 unspecified atom stereocenters. The second-order valence-corrected chi connectivity index (χ2v) is 8.40. The van der Waals surface area contributed by atoms with E-state index in [2.05, 4.69) is 5.32 Å². The van der Waals surface area contributed by atoms with E-state index in [0.717, 1.165) is 0 Å². The molecular formula is C27H25NO9. The first-order chi connectivity index (χ1) is 17.8. The molecule has 192 valence electrons. The fourth-order valence-electron chi connectivity index (χ4n) is 3.98. The molecule has 10 nitrogen and oxygen atoms in total. The molecule has 0 spiro atoms. The van der Waals surface area contributed by atoms with Crippen molar-refractivity contribution in [1.82, 2.24) is 5.32 Å². The third-order valence-electron chi connectivity index (χ3n) is 5.73. The van der Waals surface area contributed by atoms with Gasteiger partial charge < -0.3 is 34.9 Å². The summed E-state index contributed by atoms with van der Waals surface area (Å²) in [4.78, 5) is 37.0. The Morgan fingerprint density at radius 3 is 2.59 bits per heavy atom. The quantitative estimate of drug-likeness (QED) is 0.160. The van der Waals surface area contributed by atoms with Crippen molar-refractivity contribution < 1.29 is 39.2 Å². The fraction of sp³-hybridized carbons (Fsp3) is 0.222. The second kappa shape index (κ2) is 11.2. The van der Waals surface area contributed by atoms with Crippen molar-refractivity contribution in [3.05, 3.63) is 75.9 Å². The number of carboxylic acids is 1. The van der Waals surface area contributed by atoms with Gasteiger partial charge in [0.05, 0.1) is 18.8 Å². The molecule has 1 amide bonds. The molecule has 0 saturated carbocycles. The Kier molecular flexibility index (Phi) is 7.83. The van der Waals surface area contributed by atoms with Crippen LogP contribution in [0.4, 0.5) is 0 Å². The number of aliphatic hydroxyl groups excluding tert-OH is 2. The monoisotopic (exact) mass is 507 g/mol. The molecule has 1 aliphatic carbocycles. The number of phenols is 1. The molecule has 1 heterocycles. The number of ether oxygens (including phenoxy) is 1. The van der Waals surface area contributed by atoms with Crippen LogP contribution in [0, 0.1) is 0 Å². The lowest BCUT2D eigenvalue weighted by Crippen LogP contribution is -2.26. The molecule has 2 aromatic carbocycles. The third-order valence-corrected chi connectivity index (χ3v) is 5.73. The van der Waals surface area contributed by atoms with Crippen LogP contribution in [0.5, 0.6) is 5.75 Å². The Labute approximate surface area is 210 Å². The molecule has 5 N–H and O–H groups in total. The molecule has 0 bridgehead atoms. The summed E-state index contributed by atoms with van der Waals surface area (Å²) in [6, 6.07) is 12.8. The summed E-state index contributed by atoms with van der Waals surface area (Å²) in [6.07, 6.45) is -0.497. The van der Waals surface area contributed by atoms with E-state index in [0.29, 0.717) is 22.9 Å². The smallest absolute Gasteiger partial charge is 0.336 e. The van der Waals surface area contributed by atoms with Crippen molar-refractivity contribution in [2.24, 2.45) is 0 Å². The summed E-state index contributed by atoms with van der Waals surface area (Å²) in [5.41, 5.74) is 1.27. The summed E-state index contributed by atoms with van der Waals surface area (Å²) in [5.74, 6) is -1.49. The molecule has 1 atom stereocenters. The first-order valence-electron chi connectivity index (χ1n) is 11.5. The van der Waals surface area contributed by atoms with Crippen LogP contribution in [0.3, 0.4) is 0 Å². The minimum Gasteiger partial charge on any atom is -0.508 e. The van der Waals surface area contributed by atoms with E-state index >= 15 is 0 Å². The highest BCUT2D eigenvalue weighted by molar-refractivity contribution is 6.09. The second-order valence-electron chi connectivity index (χ2n) is 8.40. The highest BCUT2D eigenvalue weighted by Crippen LogP contribution is 2.42. The lowest BCUT2D eigenvalue weighted by molar-refractivity contribution is 0.00580. The Balaban J connectivity index is 1.70. The normalized spacial score (nSPS) is 12.1. The molecule has 0 fully saturated rings. The van der Waals surface area contributed by atoms with E-state index in [9.17, 15) is 29.7 Å². The molecule has 2 aromatic rings. The van der Waals surface area contributed by atoms with E-state index in [-0.39, 0.29) is 59.0 Å². The number of hydrogen-bond acceptors (Lipinski definition) is 8. The van der Waals surface area contributed by atoms with Gasteiger partial charge >= 0.3 is 5.97 Å². The van der Waals surface area contributed by atoms with Gasteiger partial charge in [0.1, 0.15) is 23.2 Å². The Morgan fingerprint density at radius 2 is 1.84 bits per heavy atom. The highest BCUT2D eigenvalue weighted by atomic mass is 16.5. The number of fused-ring (bicyclic) bond motifs is 2. The maximum absolute atomic E-state index is 12.8. The number of amides is 1. The van der Waals surface area contributed by atoms with Crippen molar-refractivity contribution >= 4 is 22.8 Å². The number of aliphatic hydroxyl groups is 2. The molecular weight excluding hydrogens is 482 g/mol. The number of phenolic OH excluding ortho intramolecular Hbond substituents is 1. The van der Waals surface area contributed by atoms with E-state index in [1.54, 1.807) is 6.07 Å². The number of rotatable bonds is 10. The van der Waals surface area contributed by atoms with Crippen molar-refractivity contribution in [3.63, 3.8) is 0 Å². The number of aromatic hydroxyl groups is 1. The average molecular weight is 507 g/mol. The molecule has 37 heavy (non-hydrogen) atoms. The highest BCUT2D eigenvalue weighted by Gasteiger charge is 2.23. The average Bonchev–Trinajstić information content (AvgIpc) is 2.88. The Bertz CT molecular complexity index is 1480. The van der Waals surface area contributed by atoms with Crippen LogP contribution in [0.1, 0.15) is 27.1 Å². The Morgan fingerprint density at radius 1 is 1.03 bits per heavy atom. The maximum Gasteiger partial charge on any atom is 0.336 e. The van der Waals surface area contributed by atoms with Gasteiger partial charge in [0, 0.05) is 47.4 Å². The molecule has 0 radical (unpaired) electrons. The number of benzene rings is 3. The first kappa shape index (κ1) is 25.8. The van der Waals surface area contributed by atoms with Gasteiger partial charge in [-0.2, -0.15) is 0 Å². The lowest BCUT2D eigenvalue weighted by atomic mass is 9.89. The standard InChI is InChI=1S/C27H25NO9/c29-13-18(32)14-36-9-1-8-28-26(33)15-2-5-19(27(34)35)22(10-15)25-20-6-3-16(30)11-23(20)37-24-12-17(31)4-7-21(24)25/h2-7,10-12,18,29-30,32H,1,8-9,13-14H2,(H,28,33)(H,34,35)/t18-/m1/s1. The van der Waals surface area contributed by atoms with Gasteiger partial charge in [0.2, 0.25) is 0 Å². The van der Waals surface area contributed by atoms with Crippen LogP contribution in [0.2, 0.25) is 0 Å². The number of carbonyl (C=O) groups excluding carboxylic acids is 1. The topological polar surface area (TPSA) is 167 Å². The zero-order chi connectivity index (χ0) is 26.5. The number of hydrogen-bond donors (Lipinski definition) is 5. The number of nitrogens with one attached hydrogen (secondary N) is 1. The fourth-order valence-corrected chi connectivity index (χ4v) is 3.98. The molecule has 0 saturated heterocycles. The number of carbonyl (C=O) groups is 2. The van der Waals surface area contributed by atoms with Crippen molar-refractivity contribution in [2.75, 3.05) is 26.4 Å². The minimum atomic E-state index is -1.20. The van der Waals surface area contributed by atoms with Crippen LogP contribution < -0.4 is 10.7 Å². The van der Waals surface area contributed by atoms with Gasteiger partial charge in [-0.3, -0.25) is 9.59 Å². The van der Waals surface area contributed by atoms with Crippen molar-refractivity contribution in [2.45, 2.75) is 12.5 Å². The SMILES string of the molecule is O=C(NCCCOC[C@H](O)CO)c1ccc(C(=O)O)c(-c2c3ccc(=O)cc-3oc3cc(O)ccc23)c1. The maximum atomic E-state index is 12.8. The van der Waals surface area contributed by atoms with Crippen LogP contribution in [-0.2, 0) is 4.74 Å². The molecule has 1 aliphatic heterocycles. The number of carboxylic acid groups (broad SMARTS) is 1. The summed E-state index contributed by atoms with van der Waals surface area (Å²) >= 11 is 0. The van der Waals surface area contributed by atoms with Gasteiger partial charge in [-0.15, -0.1) is 0 Å². The molecule has 2 aliphatic rings. The third kappa shape index (κ3) is 5.78. The van der Waals surface area contributed by atoms with E-state index < -0.39 is 24.6 Å². The predicted octanol–water partition coefficient (Wildman–Crippen LogP) is 2.46. The van der Waals surface area contributed by atoms with Gasteiger partial charge in [-0.05, 0) is 54.4 Å². The van der Waals surface area contributed by atoms with Gasteiger partial charge in [0.15, 0.2) is 5.43 Å². The van der Waals surface area contributed by atoms with Gasteiger partial charge in [-0.25, -0.2) is 4.79 Å².